The molecule has 0 aromatic heterocycles. The Balaban J connectivity index is 2.43. The van der Waals surface area contributed by atoms with Crippen molar-refractivity contribution in [1.29, 1.82) is 0 Å². The highest BCUT2D eigenvalue weighted by atomic mass is 16.6. The molecule has 1 heterocycles. The first-order valence-corrected chi connectivity index (χ1v) is 4.88. The van der Waals surface area contributed by atoms with Crippen LogP contribution in [-0.4, -0.2) is 31.4 Å². The molecule has 1 unspecified atom stereocenters. The van der Waals surface area contributed by atoms with Crippen LogP contribution in [0.25, 0.3) is 0 Å². The lowest BCUT2D eigenvalue weighted by atomic mass is 10.1. The molecule has 5 heteroatoms. The maximum atomic E-state index is 11.0. The van der Waals surface area contributed by atoms with Gasteiger partial charge in [-0.25, -0.2) is 4.79 Å². The molecule has 86 valence electrons. The standard InChI is InChI=1S/C11H12O5/c1-14-10(11(12)13)7-3-2-4-8-9(7)16-6-5-15-8/h2-4,10H,5-6H2,1H3,(H,12,13). The lowest BCUT2D eigenvalue weighted by Crippen LogP contribution is -2.20. The van der Waals surface area contributed by atoms with E-state index in [9.17, 15) is 4.79 Å². The third-order valence-corrected chi connectivity index (χ3v) is 2.34. The van der Waals surface area contributed by atoms with Crippen molar-refractivity contribution in [1.82, 2.24) is 0 Å². The zero-order valence-electron chi connectivity index (χ0n) is 8.80. The van der Waals surface area contributed by atoms with Crippen LogP contribution in [0.2, 0.25) is 0 Å². The van der Waals surface area contributed by atoms with Crippen molar-refractivity contribution in [2.45, 2.75) is 6.10 Å². The zero-order chi connectivity index (χ0) is 11.5. The molecule has 0 saturated carbocycles. The molecule has 16 heavy (non-hydrogen) atoms. The second-order valence-corrected chi connectivity index (χ2v) is 3.33. The lowest BCUT2D eigenvalue weighted by Gasteiger charge is -2.22. The summed E-state index contributed by atoms with van der Waals surface area (Å²) in [5, 5.41) is 9.01. The van der Waals surface area contributed by atoms with Gasteiger partial charge < -0.3 is 19.3 Å². The summed E-state index contributed by atoms with van der Waals surface area (Å²) in [6, 6.07) is 5.13. The summed E-state index contributed by atoms with van der Waals surface area (Å²) < 4.78 is 15.7. The largest absolute Gasteiger partial charge is 0.486 e. The van der Waals surface area contributed by atoms with Gasteiger partial charge in [-0.3, -0.25) is 0 Å². The fraction of sp³-hybridized carbons (Fsp3) is 0.364. The molecule has 1 aliphatic rings. The highest BCUT2D eigenvalue weighted by Gasteiger charge is 2.26. The number of hydrogen-bond donors (Lipinski definition) is 1. The second-order valence-electron chi connectivity index (χ2n) is 3.33. The van der Waals surface area contributed by atoms with E-state index in [0.29, 0.717) is 30.3 Å². The van der Waals surface area contributed by atoms with E-state index < -0.39 is 12.1 Å². The summed E-state index contributed by atoms with van der Waals surface area (Å²) in [6.45, 7) is 0.890. The van der Waals surface area contributed by atoms with Crippen LogP contribution in [0.3, 0.4) is 0 Å². The van der Waals surface area contributed by atoms with E-state index in [2.05, 4.69) is 0 Å². The van der Waals surface area contributed by atoms with Crippen molar-refractivity contribution >= 4 is 5.97 Å². The Bertz CT molecular complexity index is 401. The van der Waals surface area contributed by atoms with Gasteiger partial charge in [0.25, 0.3) is 0 Å². The topological polar surface area (TPSA) is 65.0 Å². The van der Waals surface area contributed by atoms with E-state index >= 15 is 0 Å². The first-order valence-electron chi connectivity index (χ1n) is 4.88. The highest BCUT2D eigenvalue weighted by Crippen LogP contribution is 2.37. The minimum atomic E-state index is -1.05. The molecule has 5 nitrogen and oxygen atoms in total. The van der Waals surface area contributed by atoms with Crippen LogP contribution in [-0.2, 0) is 9.53 Å². The number of fused-ring (bicyclic) bond motifs is 1. The van der Waals surface area contributed by atoms with Crippen molar-refractivity contribution < 1.29 is 24.1 Å². The molecule has 0 radical (unpaired) electrons. The van der Waals surface area contributed by atoms with Crippen LogP contribution >= 0.6 is 0 Å². The number of carboxylic acid groups (broad SMARTS) is 1. The van der Waals surface area contributed by atoms with Gasteiger partial charge in [0.15, 0.2) is 17.6 Å². The molecule has 1 aromatic rings. The fourth-order valence-corrected chi connectivity index (χ4v) is 1.66. The Hall–Kier alpha value is -1.75. The third-order valence-electron chi connectivity index (χ3n) is 2.34. The van der Waals surface area contributed by atoms with Crippen LogP contribution in [0.5, 0.6) is 11.5 Å². The summed E-state index contributed by atoms with van der Waals surface area (Å²) in [5.74, 6) is -0.0277. The molecule has 1 N–H and O–H groups in total. The normalized spacial score (nSPS) is 15.6. The molecule has 0 fully saturated rings. The number of para-hydroxylation sites is 1. The third kappa shape index (κ3) is 1.81. The van der Waals surface area contributed by atoms with Crippen molar-refractivity contribution in [2.75, 3.05) is 20.3 Å². The number of ether oxygens (including phenoxy) is 3. The van der Waals surface area contributed by atoms with Crippen LogP contribution < -0.4 is 9.47 Å². The Kier molecular flexibility index (Phi) is 2.96. The molecule has 0 amide bonds. The van der Waals surface area contributed by atoms with Gasteiger partial charge in [-0.15, -0.1) is 0 Å². The quantitative estimate of drug-likeness (QED) is 0.836. The van der Waals surface area contributed by atoms with Gasteiger partial charge in [-0.05, 0) is 6.07 Å². The van der Waals surface area contributed by atoms with Crippen LogP contribution in [0.4, 0.5) is 0 Å². The van der Waals surface area contributed by atoms with Crippen LogP contribution in [0, 0.1) is 0 Å². The molecule has 0 saturated heterocycles. The van der Waals surface area contributed by atoms with E-state index in [4.69, 9.17) is 19.3 Å². The SMILES string of the molecule is COC(C(=O)O)c1cccc2c1OCCO2. The Morgan fingerprint density at radius 3 is 2.88 bits per heavy atom. The Morgan fingerprint density at radius 1 is 1.44 bits per heavy atom. The maximum Gasteiger partial charge on any atom is 0.337 e. The number of carbonyl (C=O) groups is 1. The fourth-order valence-electron chi connectivity index (χ4n) is 1.66. The van der Waals surface area contributed by atoms with Crippen molar-refractivity contribution in [2.24, 2.45) is 0 Å². The first kappa shape index (κ1) is 10.8. The van der Waals surface area contributed by atoms with Gasteiger partial charge in [0, 0.05) is 12.7 Å². The Labute approximate surface area is 92.5 Å². The van der Waals surface area contributed by atoms with Crippen LogP contribution in [0.15, 0.2) is 18.2 Å². The van der Waals surface area contributed by atoms with E-state index in [0.717, 1.165) is 0 Å². The summed E-state index contributed by atoms with van der Waals surface area (Å²) in [5.41, 5.74) is 0.479. The predicted octanol–water partition coefficient (Wildman–Crippen LogP) is 1.23. The molecule has 1 atom stereocenters. The number of carboxylic acids is 1. The van der Waals surface area contributed by atoms with Crippen molar-refractivity contribution in [3.8, 4) is 11.5 Å². The highest BCUT2D eigenvalue weighted by molar-refractivity contribution is 5.76. The van der Waals surface area contributed by atoms with Gasteiger partial charge in [0.2, 0.25) is 0 Å². The second kappa shape index (κ2) is 4.40. The molecule has 2 rings (SSSR count). The van der Waals surface area contributed by atoms with E-state index in [1.165, 1.54) is 7.11 Å². The van der Waals surface area contributed by atoms with Gasteiger partial charge in [0.1, 0.15) is 13.2 Å². The molecule has 1 aliphatic heterocycles. The van der Waals surface area contributed by atoms with Crippen molar-refractivity contribution in [3.63, 3.8) is 0 Å². The molecule has 0 bridgehead atoms. The zero-order valence-corrected chi connectivity index (χ0v) is 8.80. The number of hydrogen-bond acceptors (Lipinski definition) is 4. The molecular formula is C11H12O5. The minimum absolute atomic E-state index is 0.417. The van der Waals surface area contributed by atoms with Gasteiger partial charge in [-0.1, -0.05) is 12.1 Å². The van der Waals surface area contributed by atoms with E-state index in [-0.39, 0.29) is 0 Å². The average molecular weight is 224 g/mol. The minimum Gasteiger partial charge on any atom is -0.486 e. The molecule has 1 aromatic carbocycles. The van der Waals surface area contributed by atoms with Crippen molar-refractivity contribution in [3.05, 3.63) is 23.8 Å². The summed E-state index contributed by atoms with van der Waals surface area (Å²) in [6.07, 6.45) is -1.03. The summed E-state index contributed by atoms with van der Waals surface area (Å²) in [7, 11) is 1.35. The molecule has 0 aliphatic carbocycles. The predicted molar refractivity (Wildman–Crippen MR) is 54.8 cm³/mol. The van der Waals surface area contributed by atoms with Crippen LogP contribution in [0.1, 0.15) is 11.7 Å². The smallest absolute Gasteiger partial charge is 0.337 e. The first-order chi connectivity index (χ1) is 7.74. The summed E-state index contributed by atoms with van der Waals surface area (Å²) >= 11 is 0. The van der Waals surface area contributed by atoms with Gasteiger partial charge in [-0.2, -0.15) is 0 Å². The monoisotopic (exact) mass is 224 g/mol. The van der Waals surface area contributed by atoms with Gasteiger partial charge >= 0.3 is 5.97 Å². The lowest BCUT2D eigenvalue weighted by molar-refractivity contribution is -0.149. The summed E-state index contributed by atoms with van der Waals surface area (Å²) in [4.78, 5) is 11.0. The number of benzene rings is 1. The van der Waals surface area contributed by atoms with Gasteiger partial charge in [0.05, 0.1) is 0 Å². The van der Waals surface area contributed by atoms with E-state index in [1.807, 2.05) is 0 Å². The van der Waals surface area contributed by atoms with E-state index in [1.54, 1.807) is 18.2 Å². The Morgan fingerprint density at radius 2 is 2.19 bits per heavy atom. The number of methoxy groups -OCH3 is 1. The number of aliphatic carboxylic acids is 1. The number of rotatable bonds is 3. The maximum absolute atomic E-state index is 11.0. The molecule has 0 spiro atoms. The molecular weight excluding hydrogens is 212 g/mol. The average Bonchev–Trinajstić information content (AvgIpc) is 2.30.